The van der Waals surface area contributed by atoms with Crippen LogP contribution in [0.2, 0.25) is 0 Å². The summed E-state index contributed by atoms with van der Waals surface area (Å²) in [5, 5.41) is 13.0. The molecule has 2 aromatic heterocycles. The zero-order chi connectivity index (χ0) is 14.7. The van der Waals surface area contributed by atoms with E-state index in [-0.39, 0.29) is 11.4 Å². The van der Waals surface area contributed by atoms with Gasteiger partial charge in [-0.3, -0.25) is 9.89 Å². The molecule has 22 heavy (non-hydrogen) atoms. The van der Waals surface area contributed by atoms with Crippen LogP contribution in [0.25, 0.3) is 0 Å². The lowest BCUT2D eigenvalue weighted by Gasteiger charge is -2.31. The predicted octanol–water partition coefficient (Wildman–Crippen LogP) is 1.31. The van der Waals surface area contributed by atoms with Gasteiger partial charge in [0.15, 0.2) is 5.13 Å². The van der Waals surface area contributed by atoms with E-state index in [1.165, 1.54) is 0 Å². The minimum atomic E-state index is 0. The van der Waals surface area contributed by atoms with Crippen molar-refractivity contribution >= 4 is 22.4 Å². The number of H-pyrrole nitrogens is 1. The third kappa shape index (κ3) is 3.83. The summed E-state index contributed by atoms with van der Waals surface area (Å²) in [5.41, 5.74) is 1.70. The number of amides is 1. The van der Waals surface area contributed by atoms with E-state index in [4.69, 9.17) is 0 Å². The molecule has 1 fully saturated rings. The molecule has 2 aromatic rings. The summed E-state index contributed by atoms with van der Waals surface area (Å²) in [6, 6.07) is 0. The highest BCUT2D eigenvalue weighted by atomic mass is 32.1. The number of hydrogen-bond donors (Lipinski definition) is 2. The van der Waals surface area contributed by atoms with Gasteiger partial charge in [0.05, 0.1) is 17.5 Å². The maximum atomic E-state index is 12.2. The molecule has 120 valence electrons. The Labute approximate surface area is 133 Å². The van der Waals surface area contributed by atoms with E-state index in [2.05, 4.69) is 25.9 Å². The zero-order valence-electron chi connectivity index (χ0n) is 12.5. The number of aromatic nitrogens is 3. The maximum Gasteiger partial charge on any atom is 0.257 e. The molecule has 3 heterocycles. The average Bonchev–Trinajstić information content (AvgIpc) is 3.16. The Morgan fingerprint density at radius 3 is 2.86 bits per heavy atom. The summed E-state index contributed by atoms with van der Waals surface area (Å²) >= 11 is 1.64. The highest BCUT2D eigenvalue weighted by Gasteiger charge is 2.24. The third-order valence-electron chi connectivity index (χ3n) is 3.81. The SMILES string of the molecule is Cc1csc(NCC2CCN(C(=O)c3cn[nH]c3)CC2)n1.O. The van der Waals surface area contributed by atoms with Crippen LogP contribution >= 0.6 is 11.3 Å². The van der Waals surface area contributed by atoms with Crippen LogP contribution in [0, 0.1) is 12.8 Å². The van der Waals surface area contributed by atoms with Crippen molar-refractivity contribution in [3.05, 3.63) is 29.0 Å². The number of piperidine rings is 1. The van der Waals surface area contributed by atoms with Gasteiger partial charge in [-0.2, -0.15) is 5.10 Å². The normalized spacial score (nSPS) is 15.4. The molecule has 3 rings (SSSR count). The van der Waals surface area contributed by atoms with Crippen LogP contribution < -0.4 is 5.32 Å². The number of nitrogens with one attached hydrogen (secondary N) is 2. The van der Waals surface area contributed by atoms with Crippen molar-refractivity contribution < 1.29 is 10.3 Å². The first-order valence-electron chi connectivity index (χ1n) is 7.16. The Bertz CT molecular complexity index is 590. The number of carbonyl (C=O) groups is 1. The number of anilines is 1. The number of aryl methyl sites for hydroxylation is 1. The van der Waals surface area contributed by atoms with Gasteiger partial charge in [-0.25, -0.2) is 4.98 Å². The van der Waals surface area contributed by atoms with Crippen LogP contribution in [-0.4, -0.2) is 51.1 Å². The van der Waals surface area contributed by atoms with Crippen molar-refractivity contribution in [2.45, 2.75) is 19.8 Å². The molecule has 8 heteroatoms. The third-order valence-corrected chi connectivity index (χ3v) is 4.73. The first kappa shape index (κ1) is 16.4. The molecule has 7 nitrogen and oxygen atoms in total. The largest absolute Gasteiger partial charge is 0.412 e. The van der Waals surface area contributed by atoms with E-state index in [0.29, 0.717) is 11.5 Å². The maximum absolute atomic E-state index is 12.2. The molecule has 0 atom stereocenters. The molecular weight excluding hydrogens is 302 g/mol. The summed E-state index contributed by atoms with van der Waals surface area (Å²) in [7, 11) is 0. The molecule has 1 aliphatic heterocycles. The standard InChI is InChI=1S/C14H19N5OS.H2O/c1-10-9-21-14(18-10)15-6-11-2-4-19(5-3-11)13(20)12-7-16-17-8-12;/h7-9,11H,2-6H2,1H3,(H,15,18)(H,16,17);1H2. The van der Waals surface area contributed by atoms with E-state index in [9.17, 15) is 4.79 Å². The number of carbonyl (C=O) groups excluding carboxylic acids is 1. The Morgan fingerprint density at radius 1 is 1.50 bits per heavy atom. The number of aromatic amines is 1. The van der Waals surface area contributed by atoms with Crippen LogP contribution in [0.3, 0.4) is 0 Å². The van der Waals surface area contributed by atoms with Crippen molar-refractivity contribution in [1.29, 1.82) is 0 Å². The minimum absolute atomic E-state index is 0. The Hall–Kier alpha value is -1.93. The van der Waals surface area contributed by atoms with E-state index < -0.39 is 0 Å². The first-order valence-corrected chi connectivity index (χ1v) is 8.04. The Balaban J connectivity index is 0.00000176. The monoisotopic (exact) mass is 323 g/mol. The van der Waals surface area contributed by atoms with Gasteiger partial charge in [-0.05, 0) is 25.7 Å². The van der Waals surface area contributed by atoms with Crippen molar-refractivity contribution in [1.82, 2.24) is 20.1 Å². The second kappa shape index (κ2) is 7.37. The molecule has 4 N–H and O–H groups in total. The van der Waals surface area contributed by atoms with Gasteiger partial charge in [0.25, 0.3) is 5.91 Å². The lowest BCUT2D eigenvalue weighted by Crippen LogP contribution is -2.39. The Morgan fingerprint density at radius 2 is 2.27 bits per heavy atom. The van der Waals surface area contributed by atoms with E-state index in [1.54, 1.807) is 23.7 Å². The van der Waals surface area contributed by atoms with Gasteiger partial charge in [0.2, 0.25) is 0 Å². The summed E-state index contributed by atoms with van der Waals surface area (Å²) in [6.45, 7) is 4.56. The van der Waals surface area contributed by atoms with Crippen LogP contribution in [-0.2, 0) is 0 Å². The Kier molecular flexibility index (Phi) is 5.51. The molecule has 0 spiro atoms. The predicted molar refractivity (Wildman–Crippen MR) is 86.2 cm³/mol. The lowest BCUT2D eigenvalue weighted by atomic mass is 9.96. The van der Waals surface area contributed by atoms with Gasteiger partial charge in [-0.15, -0.1) is 11.3 Å². The van der Waals surface area contributed by atoms with E-state index >= 15 is 0 Å². The molecule has 0 radical (unpaired) electrons. The quantitative estimate of drug-likeness (QED) is 0.885. The second-order valence-electron chi connectivity index (χ2n) is 5.40. The van der Waals surface area contributed by atoms with Gasteiger partial charge in [-0.1, -0.05) is 0 Å². The number of thiazole rings is 1. The fourth-order valence-corrected chi connectivity index (χ4v) is 3.26. The molecule has 0 saturated carbocycles. The summed E-state index contributed by atoms with van der Waals surface area (Å²) < 4.78 is 0. The molecule has 1 aliphatic rings. The number of rotatable bonds is 4. The highest BCUT2D eigenvalue weighted by Crippen LogP contribution is 2.21. The summed E-state index contributed by atoms with van der Waals surface area (Å²) in [6.07, 6.45) is 5.30. The second-order valence-corrected chi connectivity index (χ2v) is 6.26. The lowest BCUT2D eigenvalue weighted by molar-refractivity contribution is 0.0695. The minimum Gasteiger partial charge on any atom is -0.412 e. The van der Waals surface area contributed by atoms with Gasteiger partial charge < -0.3 is 15.7 Å². The smallest absolute Gasteiger partial charge is 0.257 e. The fraction of sp³-hybridized carbons (Fsp3) is 0.500. The van der Waals surface area contributed by atoms with Crippen LogP contribution in [0.4, 0.5) is 5.13 Å². The topological polar surface area (TPSA) is 105 Å². The molecule has 1 saturated heterocycles. The summed E-state index contributed by atoms with van der Waals surface area (Å²) in [5.74, 6) is 0.674. The average molecular weight is 323 g/mol. The van der Waals surface area contributed by atoms with Crippen molar-refractivity contribution in [2.24, 2.45) is 5.92 Å². The van der Waals surface area contributed by atoms with E-state index in [0.717, 1.165) is 43.3 Å². The van der Waals surface area contributed by atoms with Gasteiger partial charge in [0, 0.05) is 31.2 Å². The molecule has 0 bridgehead atoms. The number of likely N-dealkylation sites (tertiary alicyclic amines) is 1. The van der Waals surface area contributed by atoms with Crippen LogP contribution in [0.15, 0.2) is 17.8 Å². The van der Waals surface area contributed by atoms with Crippen molar-refractivity contribution in [3.8, 4) is 0 Å². The molecule has 0 unspecified atom stereocenters. The summed E-state index contributed by atoms with van der Waals surface area (Å²) in [4.78, 5) is 18.5. The molecule has 0 aromatic carbocycles. The molecule has 1 amide bonds. The molecule has 0 aliphatic carbocycles. The van der Waals surface area contributed by atoms with Crippen LogP contribution in [0.5, 0.6) is 0 Å². The van der Waals surface area contributed by atoms with E-state index in [1.807, 2.05) is 11.8 Å². The number of hydrogen-bond acceptors (Lipinski definition) is 5. The van der Waals surface area contributed by atoms with Gasteiger partial charge in [0.1, 0.15) is 0 Å². The van der Waals surface area contributed by atoms with Crippen LogP contribution in [0.1, 0.15) is 28.9 Å². The zero-order valence-corrected chi connectivity index (χ0v) is 13.3. The fourth-order valence-electron chi connectivity index (χ4n) is 2.56. The highest BCUT2D eigenvalue weighted by molar-refractivity contribution is 7.13. The molecular formula is C14H21N5O2S. The van der Waals surface area contributed by atoms with Crippen molar-refractivity contribution in [2.75, 3.05) is 25.0 Å². The van der Waals surface area contributed by atoms with Gasteiger partial charge >= 0.3 is 0 Å². The first-order chi connectivity index (χ1) is 10.2. The van der Waals surface area contributed by atoms with Crippen molar-refractivity contribution in [3.63, 3.8) is 0 Å². The number of nitrogens with zero attached hydrogens (tertiary/aromatic N) is 3.